The molecule has 1 amide bonds. The zero-order chi connectivity index (χ0) is 19.8. The van der Waals surface area contributed by atoms with Crippen LogP contribution in [0.2, 0.25) is 5.02 Å². The third kappa shape index (κ3) is 5.58. The van der Waals surface area contributed by atoms with Crippen LogP contribution in [0.1, 0.15) is 5.56 Å². The summed E-state index contributed by atoms with van der Waals surface area (Å²) in [5, 5.41) is 17.2. The van der Waals surface area contributed by atoms with Crippen molar-refractivity contribution in [2.75, 3.05) is 26.1 Å². The van der Waals surface area contributed by atoms with Crippen LogP contribution in [0, 0.1) is 10.1 Å². The Kier molecular flexibility index (Phi) is 6.95. The van der Waals surface area contributed by atoms with Gasteiger partial charge in [-0.25, -0.2) is 0 Å². The number of benzene rings is 2. The molecule has 0 spiro atoms. The molecule has 2 aromatic rings. The monoisotopic (exact) mass is 393 g/mol. The minimum atomic E-state index is -0.551. The molecular weight excluding hydrogens is 378 g/mol. The van der Waals surface area contributed by atoms with Crippen molar-refractivity contribution in [2.45, 2.75) is 0 Å². The number of carbonyl (C=O) groups is 1. The van der Waals surface area contributed by atoms with Crippen molar-refractivity contribution in [3.63, 3.8) is 0 Å². The van der Waals surface area contributed by atoms with Crippen LogP contribution >= 0.6 is 11.6 Å². The van der Waals surface area contributed by atoms with Gasteiger partial charge in [-0.2, -0.15) is 0 Å². The predicted molar refractivity (Wildman–Crippen MR) is 99.8 cm³/mol. The highest BCUT2D eigenvalue weighted by atomic mass is 35.5. The Morgan fingerprint density at radius 2 is 2.07 bits per heavy atom. The number of nitrogens with one attached hydrogen (secondary N) is 1. The van der Waals surface area contributed by atoms with Crippen LogP contribution in [-0.2, 0) is 9.63 Å². The van der Waals surface area contributed by atoms with Crippen molar-refractivity contribution in [3.05, 3.63) is 57.1 Å². The molecule has 27 heavy (non-hydrogen) atoms. The van der Waals surface area contributed by atoms with Crippen LogP contribution in [0.5, 0.6) is 11.5 Å². The summed E-state index contributed by atoms with van der Waals surface area (Å²) in [5.41, 5.74) is 0.738. The van der Waals surface area contributed by atoms with Gasteiger partial charge in [0.15, 0.2) is 18.1 Å². The Labute approximate surface area is 159 Å². The highest BCUT2D eigenvalue weighted by molar-refractivity contribution is 6.32. The van der Waals surface area contributed by atoms with E-state index in [2.05, 4.69) is 10.5 Å². The minimum Gasteiger partial charge on any atom is -0.493 e. The van der Waals surface area contributed by atoms with Crippen LogP contribution in [0.4, 0.5) is 11.4 Å². The Bertz CT molecular complexity index is 872. The summed E-state index contributed by atoms with van der Waals surface area (Å²) in [6, 6.07) is 8.80. The van der Waals surface area contributed by atoms with Crippen molar-refractivity contribution < 1.29 is 24.0 Å². The molecule has 0 saturated heterocycles. The lowest BCUT2D eigenvalue weighted by Crippen LogP contribution is -2.17. The zero-order valence-electron chi connectivity index (χ0n) is 14.5. The van der Waals surface area contributed by atoms with Gasteiger partial charge in [0.05, 0.1) is 30.4 Å². The highest BCUT2D eigenvalue weighted by Crippen LogP contribution is 2.35. The maximum Gasteiger partial charge on any atom is 0.271 e. The van der Waals surface area contributed by atoms with E-state index in [1.54, 1.807) is 12.1 Å². The fourth-order valence-electron chi connectivity index (χ4n) is 2.10. The average Bonchev–Trinajstić information content (AvgIpc) is 2.65. The number of oxime groups is 1. The van der Waals surface area contributed by atoms with Crippen molar-refractivity contribution >= 4 is 35.1 Å². The van der Waals surface area contributed by atoms with E-state index >= 15 is 0 Å². The number of nitrogens with zero attached hydrogens (tertiary/aromatic N) is 2. The van der Waals surface area contributed by atoms with Crippen LogP contribution in [-0.4, -0.2) is 37.9 Å². The van der Waals surface area contributed by atoms with Gasteiger partial charge in [0.25, 0.3) is 11.6 Å². The molecule has 10 heteroatoms. The maximum atomic E-state index is 11.8. The number of nitro groups is 1. The summed E-state index contributed by atoms with van der Waals surface area (Å²) in [5.74, 6) is 0.307. The third-order valence-electron chi connectivity index (χ3n) is 3.27. The Balaban J connectivity index is 1.92. The van der Waals surface area contributed by atoms with Crippen LogP contribution in [0.25, 0.3) is 0 Å². The molecule has 0 aliphatic rings. The lowest BCUT2D eigenvalue weighted by atomic mass is 10.2. The second-order valence-corrected chi connectivity index (χ2v) is 5.51. The molecule has 2 aromatic carbocycles. The Hall–Kier alpha value is -3.33. The molecule has 2 rings (SSSR count). The second kappa shape index (κ2) is 9.39. The molecule has 0 aliphatic heterocycles. The van der Waals surface area contributed by atoms with Crippen LogP contribution < -0.4 is 14.8 Å². The molecule has 0 unspecified atom stereocenters. The number of non-ortho nitro benzene ring substituents is 1. The topological polar surface area (TPSA) is 112 Å². The number of halogens is 1. The molecular formula is C17H16ClN3O6. The van der Waals surface area contributed by atoms with E-state index in [0.717, 1.165) is 0 Å². The van der Waals surface area contributed by atoms with E-state index in [4.69, 9.17) is 25.9 Å². The second-order valence-electron chi connectivity index (χ2n) is 5.10. The molecule has 0 atom stereocenters. The van der Waals surface area contributed by atoms with Crippen molar-refractivity contribution in [2.24, 2.45) is 5.16 Å². The number of hydrogen-bond acceptors (Lipinski definition) is 7. The fourth-order valence-corrected chi connectivity index (χ4v) is 2.40. The van der Waals surface area contributed by atoms with E-state index < -0.39 is 10.8 Å². The van der Waals surface area contributed by atoms with Gasteiger partial charge in [-0.3, -0.25) is 14.9 Å². The number of rotatable bonds is 8. The average molecular weight is 394 g/mol. The van der Waals surface area contributed by atoms with Gasteiger partial charge in [-0.15, -0.1) is 0 Å². The first-order chi connectivity index (χ1) is 12.9. The molecule has 0 bridgehead atoms. The molecule has 1 N–H and O–H groups in total. The van der Waals surface area contributed by atoms with Crippen molar-refractivity contribution in [1.82, 2.24) is 0 Å². The molecule has 142 valence electrons. The lowest BCUT2D eigenvalue weighted by Gasteiger charge is -2.09. The van der Waals surface area contributed by atoms with E-state index in [1.165, 1.54) is 44.7 Å². The Morgan fingerprint density at radius 3 is 2.74 bits per heavy atom. The molecule has 0 heterocycles. The summed E-state index contributed by atoms with van der Waals surface area (Å²) in [4.78, 5) is 26.9. The first kappa shape index (κ1) is 20.0. The zero-order valence-corrected chi connectivity index (χ0v) is 15.2. The number of ether oxygens (including phenoxy) is 2. The van der Waals surface area contributed by atoms with E-state index in [-0.39, 0.29) is 18.0 Å². The van der Waals surface area contributed by atoms with Gasteiger partial charge in [-0.1, -0.05) is 22.8 Å². The quantitative estimate of drug-likeness (QED) is 0.418. The van der Waals surface area contributed by atoms with Gasteiger partial charge < -0.3 is 19.6 Å². The minimum absolute atomic E-state index is 0.128. The number of methoxy groups -OCH3 is 2. The molecule has 0 aliphatic carbocycles. The van der Waals surface area contributed by atoms with Gasteiger partial charge in [0.2, 0.25) is 0 Å². The SMILES string of the molecule is COc1cc(/C=N\OCC(=O)Nc2cccc([N+](=O)[O-])c2)cc(Cl)c1OC. The maximum absolute atomic E-state index is 11.8. The van der Waals surface area contributed by atoms with E-state index in [1.807, 2.05) is 0 Å². The van der Waals surface area contributed by atoms with Crippen LogP contribution in [0.3, 0.4) is 0 Å². The summed E-state index contributed by atoms with van der Waals surface area (Å²) in [6.45, 7) is -0.375. The van der Waals surface area contributed by atoms with Gasteiger partial charge in [0.1, 0.15) is 0 Å². The summed E-state index contributed by atoms with van der Waals surface area (Å²) < 4.78 is 10.3. The molecule has 0 fully saturated rings. The number of anilines is 1. The number of hydrogen-bond donors (Lipinski definition) is 1. The van der Waals surface area contributed by atoms with Gasteiger partial charge >= 0.3 is 0 Å². The predicted octanol–water partition coefficient (Wildman–Crippen LogP) is 3.25. The van der Waals surface area contributed by atoms with Crippen molar-refractivity contribution in [1.29, 1.82) is 0 Å². The van der Waals surface area contributed by atoms with Crippen molar-refractivity contribution in [3.8, 4) is 11.5 Å². The molecule has 9 nitrogen and oxygen atoms in total. The fraction of sp³-hybridized carbons (Fsp3) is 0.176. The molecule has 0 radical (unpaired) electrons. The number of nitro benzene ring substituents is 1. The van der Waals surface area contributed by atoms with Gasteiger partial charge in [0, 0.05) is 23.4 Å². The Morgan fingerprint density at radius 1 is 1.30 bits per heavy atom. The standard InChI is InChI=1S/C17H16ClN3O6/c1-25-15-7-11(6-14(18)17(15)26-2)9-19-27-10-16(22)20-12-4-3-5-13(8-12)21(23)24/h3-9H,10H2,1-2H3,(H,20,22)/b19-9-. The lowest BCUT2D eigenvalue weighted by molar-refractivity contribution is -0.384. The third-order valence-corrected chi connectivity index (χ3v) is 3.55. The summed E-state index contributed by atoms with van der Waals surface area (Å²) in [6.07, 6.45) is 1.36. The first-order valence-electron chi connectivity index (χ1n) is 7.55. The largest absolute Gasteiger partial charge is 0.493 e. The van der Waals surface area contributed by atoms with Gasteiger partial charge in [-0.05, 0) is 18.2 Å². The molecule has 0 saturated carbocycles. The smallest absolute Gasteiger partial charge is 0.271 e. The normalized spacial score (nSPS) is 10.5. The summed E-state index contributed by atoms with van der Waals surface area (Å²) in [7, 11) is 2.95. The van der Waals surface area contributed by atoms with Crippen LogP contribution in [0.15, 0.2) is 41.6 Å². The highest BCUT2D eigenvalue weighted by Gasteiger charge is 2.10. The van der Waals surface area contributed by atoms with E-state index in [0.29, 0.717) is 22.1 Å². The first-order valence-corrected chi connectivity index (χ1v) is 7.93. The number of carbonyl (C=O) groups excluding carboxylic acids is 1. The summed E-state index contributed by atoms with van der Waals surface area (Å²) >= 11 is 6.08. The molecule has 0 aromatic heterocycles. The number of amides is 1. The van der Waals surface area contributed by atoms with E-state index in [9.17, 15) is 14.9 Å².